The third-order valence-corrected chi connectivity index (χ3v) is 8.80. The molecule has 0 aromatic carbocycles. The number of nitrogens with one attached hydrogen (secondary N) is 1. The van der Waals surface area contributed by atoms with E-state index < -0.39 is 68.3 Å². The van der Waals surface area contributed by atoms with Crippen LogP contribution in [0.3, 0.4) is 0 Å². The highest BCUT2D eigenvalue weighted by molar-refractivity contribution is 5.85. The zero-order valence-electron chi connectivity index (χ0n) is 30.7. The molecule has 1 fully saturated rings. The van der Waals surface area contributed by atoms with Crippen molar-refractivity contribution in [2.45, 2.75) is 160 Å². The molecule has 0 radical (unpaired) electrons. The number of hydrogen-bond acceptors (Lipinski definition) is 14. The highest BCUT2D eigenvalue weighted by Gasteiger charge is 2.44. The van der Waals surface area contributed by atoms with Crippen LogP contribution in [0.5, 0.6) is 0 Å². The summed E-state index contributed by atoms with van der Waals surface area (Å²) in [7, 11) is 1.54. The van der Waals surface area contributed by atoms with Gasteiger partial charge in [0, 0.05) is 7.11 Å². The van der Waals surface area contributed by atoms with Crippen LogP contribution in [0.2, 0.25) is 0 Å². The summed E-state index contributed by atoms with van der Waals surface area (Å²) >= 11 is 0. The molecule has 1 aliphatic heterocycles. The van der Waals surface area contributed by atoms with Gasteiger partial charge in [-0.3, -0.25) is 4.79 Å². The van der Waals surface area contributed by atoms with Crippen LogP contribution >= 0.6 is 0 Å². The van der Waals surface area contributed by atoms with Crippen molar-refractivity contribution in [2.75, 3.05) is 40.3 Å². The first-order chi connectivity index (χ1) is 24.0. The molecule has 15 nitrogen and oxygen atoms in total. The minimum atomic E-state index is -1.65. The number of carbonyl (C=O) groups is 2. The number of amides is 1. The molecule has 1 amide bonds. The van der Waals surface area contributed by atoms with Crippen molar-refractivity contribution < 1.29 is 63.6 Å². The number of aliphatic hydroxyl groups is 5. The molecule has 1 saturated heterocycles. The number of nitrogens with zero attached hydrogens (tertiary/aromatic N) is 1. The Morgan fingerprint density at radius 2 is 1.48 bits per heavy atom. The van der Waals surface area contributed by atoms with E-state index in [1.807, 2.05) is 6.92 Å². The second-order valence-electron chi connectivity index (χ2n) is 13.1. The van der Waals surface area contributed by atoms with Crippen molar-refractivity contribution >= 4 is 17.8 Å². The number of alkyl carbamates (subject to hydrolysis) is 1. The molecule has 1 aliphatic rings. The van der Waals surface area contributed by atoms with Crippen LogP contribution in [0.15, 0.2) is 5.16 Å². The number of esters is 1. The van der Waals surface area contributed by atoms with E-state index in [4.69, 9.17) is 28.5 Å². The molecule has 294 valence electrons. The Morgan fingerprint density at radius 1 is 0.860 bits per heavy atom. The number of carbonyl (C=O) groups excluding carboxylic acids is 2. The lowest BCUT2D eigenvalue weighted by atomic mass is 9.92. The van der Waals surface area contributed by atoms with Gasteiger partial charge in [0.2, 0.25) is 6.79 Å². The van der Waals surface area contributed by atoms with Crippen molar-refractivity contribution in [1.82, 2.24) is 5.32 Å². The molecule has 0 aliphatic carbocycles. The Hall–Kier alpha value is -2.11. The largest absolute Gasteiger partial charge is 0.428 e. The van der Waals surface area contributed by atoms with Gasteiger partial charge in [0.15, 0.2) is 6.29 Å². The Balaban J connectivity index is 2.60. The normalized spacial score (nSPS) is 22.8. The average Bonchev–Trinajstić information content (AvgIpc) is 3.10. The topological polar surface area (TPSA) is 215 Å². The van der Waals surface area contributed by atoms with Crippen LogP contribution in [0.1, 0.15) is 117 Å². The molecular formula is C35H66N2O13. The number of oxime groups is 1. The van der Waals surface area contributed by atoms with Gasteiger partial charge >= 0.3 is 12.1 Å². The molecule has 8 atom stereocenters. The monoisotopic (exact) mass is 722 g/mol. The number of ether oxygens (including phenoxy) is 5. The van der Waals surface area contributed by atoms with E-state index in [2.05, 4.69) is 17.4 Å². The van der Waals surface area contributed by atoms with Gasteiger partial charge in [-0.2, -0.15) is 0 Å². The number of rotatable bonds is 29. The molecule has 2 unspecified atom stereocenters. The van der Waals surface area contributed by atoms with Crippen LogP contribution in [0.25, 0.3) is 0 Å². The quantitative estimate of drug-likeness (QED) is 0.0215. The lowest BCUT2D eigenvalue weighted by Crippen LogP contribution is -2.60. The van der Waals surface area contributed by atoms with Gasteiger partial charge in [-0.05, 0) is 25.7 Å². The van der Waals surface area contributed by atoms with Crippen molar-refractivity contribution in [2.24, 2.45) is 11.1 Å². The molecule has 1 rings (SSSR count). The fourth-order valence-corrected chi connectivity index (χ4v) is 5.52. The van der Waals surface area contributed by atoms with E-state index >= 15 is 0 Å². The Kier molecular flexibility index (Phi) is 26.1. The second-order valence-corrected chi connectivity index (χ2v) is 13.1. The van der Waals surface area contributed by atoms with Gasteiger partial charge in [0.05, 0.1) is 44.1 Å². The van der Waals surface area contributed by atoms with E-state index in [0.29, 0.717) is 18.7 Å². The lowest BCUT2D eigenvalue weighted by Gasteiger charge is -2.40. The third-order valence-electron chi connectivity index (χ3n) is 8.80. The van der Waals surface area contributed by atoms with Crippen LogP contribution in [0.4, 0.5) is 4.79 Å². The molecule has 1 heterocycles. The number of unbranched alkanes of at least 4 members (excludes halogenated alkanes) is 11. The minimum Gasteiger partial charge on any atom is -0.428 e. The van der Waals surface area contributed by atoms with Crippen LogP contribution < -0.4 is 5.32 Å². The molecule has 6 N–H and O–H groups in total. The maximum atomic E-state index is 12.7. The van der Waals surface area contributed by atoms with E-state index in [9.17, 15) is 35.1 Å². The van der Waals surface area contributed by atoms with E-state index in [1.165, 1.54) is 57.8 Å². The fourth-order valence-electron chi connectivity index (χ4n) is 5.52. The molecule has 0 saturated carbocycles. The highest BCUT2D eigenvalue weighted by atomic mass is 16.7. The minimum absolute atomic E-state index is 0.0150. The van der Waals surface area contributed by atoms with Crippen molar-refractivity contribution in [3.8, 4) is 0 Å². The second kappa shape index (κ2) is 28.5. The van der Waals surface area contributed by atoms with E-state index in [-0.39, 0.29) is 32.0 Å². The summed E-state index contributed by atoms with van der Waals surface area (Å²) in [4.78, 5) is 29.8. The average molecular weight is 723 g/mol. The summed E-state index contributed by atoms with van der Waals surface area (Å²) in [5, 5.41) is 57.6. The van der Waals surface area contributed by atoms with Gasteiger partial charge in [0.25, 0.3) is 0 Å². The number of hydrogen-bond donors (Lipinski definition) is 6. The van der Waals surface area contributed by atoms with Crippen LogP contribution in [-0.2, 0) is 33.3 Å². The summed E-state index contributed by atoms with van der Waals surface area (Å²) in [6.45, 7) is 4.77. The number of methoxy groups -OCH3 is 1. The van der Waals surface area contributed by atoms with Crippen LogP contribution in [-0.4, -0.2) is 126 Å². The maximum absolute atomic E-state index is 12.7. The highest BCUT2D eigenvalue weighted by Crippen LogP contribution is 2.23. The SMILES string of the molecule is CCCCCCCCCCCCCC[C@@H](C)[C@@H](O)[C@H](CO[C@H]1OC(CO)[C@H](O)[C@H](O)C1O)NC(=O)OCOC(=O)CCC(C)=NOCCOC. The van der Waals surface area contributed by atoms with Crippen molar-refractivity contribution in [3.63, 3.8) is 0 Å². The molecule has 0 spiro atoms. The van der Waals surface area contributed by atoms with E-state index in [0.717, 1.165) is 19.3 Å². The predicted octanol–water partition coefficient (Wildman–Crippen LogP) is 3.31. The number of aliphatic hydroxyl groups excluding tert-OH is 5. The molecule has 0 aromatic rings. The van der Waals surface area contributed by atoms with Crippen LogP contribution in [0, 0.1) is 5.92 Å². The first-order valence-corrected chi connectivity index (χ1v) is 18.4. The van der Waals surface area contributed by atoms with Crippen molar-refractivity contribution in [1.29, 1.82) is 0 Å². The fraction of sp³-hybridized carbons (Fsp3) is 0.914. The summed E-state index contributed by atoms with van der Waals surface area (Å²) in [6.07, 6.45) is 5.88. The summed E-state index contributed by atoms with van der Waals surface area (Å²) in [6, 6.07) is -1.05. The van der Waals surface area contributed by atoms with Crippen molar-refractivity contribution in [3.05, 3.63) is 0 Å². The first kappa shape index (κ1) is 45.9. The van der Waals surface area contributed by atoms with Gasteiger partial charge in [-0.15, -0.1) is 0 Å². The standard InChI is InChI=1S/C35H66N2O13/c1-5-6-7-8-9-10-11-12-13-14-15-16-17-25(2)30(40)27(23-46-34-33(43)32(42)31(41)28(22-38)50-34)36-35(44)48-24-47-29(39)19-18-26(3)37-49-21-20-45-4/h25,27-28,30-34,38,40-43H,5-24H2,1-4H3,(H,36,44)/t25-,27+,28?,30-,31+,32+,33?,34+/m1/s1. The summed E-state index contributed by atoms with van der Waals surface area (Å²) in [5.41, 5.74) is 0.575. The first-order valence-electron chi connectivity index (χ1n) is 18.4. The third kappa shape index (κ3) is 20.1. The molecule has 50 heavy (non-hydrogen) atoms. The molecule has 15 heteroatoms. The van der Waals surface area contributed by atoms with E-state index in [1.54, 1.807) is 14.0 Å². The predicted molar refractivity (Wildman–Crippen MR) is 185 cm³/mol. The van der Waals surface area contributed by atoms with Gasteiger partial charge in [0.1, 0.15) is 31.0 Å². The lowest BCUT2D eigenvalue weighted by molar-refractivity contribution is -0.303. The van der Waals surface area contributed by atoms with Gasteiger partial charge < -0.3 is 59.4 Å². The van der Waals surface area contributed by atoms with Gasteiger partial charge in [-0.25, -0.2) is 4.79 Å². The maximum Gasteiger partial charge on any atom is 0.410 e. The smallest absolute Gasteiger partial charge is 0.410 e. The zero-order valence-corrected chi connectivity index (χ0v) is 30.7. The molecule has 0 aromatic heterocycles. The van der Waals surface area contributed by atoms with Gasteiger partial charge in [-0.1, -0.05) is 96.1 Å². The Bertz CT molecular complexity index is 910. The summed E-state index contributed by atoms with van der Waals surface area (Å²) in [5.74, 6) is -0.883. The zero-order chi connectivity index (χ0) is 37.1. The summed E-state index contributed by atoms with van der Waals surface area (Å²) < 4.78 is 25.9. The molecule has 0 bridgehead atoms. The molecular weight excluding hydrogens is 656 g/mol. The Morgan fingerprint density at radius 3 is 2.08 bits per heavy atom. The Labute approximate surface area is 298 Å².